The van der Waals surface area contributed by atoms with Crippen molar-refractivity contribution in [1.29, 1.82) is 0 Å². The molecule has 0 heterocycles. The average molecular weight is 572 g/mol. The Morgan fingerprint density at radius 2 is 1.51 bits per heavy atom. The number of hydrogen-bond donors (Lipinski definition) is 1. The molecule has 0 aliphatic heterocycles. The molecular formula is C29H34ClN3O5S. The molecule has 1 atom stereocenters. The lowest BCUT2D eigenvalue weighted by molar-refractivity contribution is -0.140. The van der Waals surface area contributed by atoms with Gasteiger partial charge in [0.1, 0.15) is 24.1 Å². The van der Waals surface area contributed by atoms with Gasteiger partial charge in [-0.25, -0.2) is 8.42 Å². The van der Waals surface area contributed by atoms with Crippen LogP contribution in [-0.2, 0) is 26.2 Å². The van der Waals surface area contributed by atoms with E-state index < -0.39 is 28.5 Å². The molecular weight excluding hydrogens is 538 g/mol. The number of nitrogens with one attached hydrogen (secondary N) is 1. The number of para-hydroxylation sites is 1. The minimum Gasteiger partial charge on any atom is -0.457 e. The van der Waals surface area contributed by atoms with Gasteiger partial charge in [0.2, 0.25) is 21.8 Å². The van der Waals surface area contributed by atoms with Crippen molar-refractivity contribution in [2.24, 2.45) is 0 Å². The van der Waals surface area contributed by atoms with E-state index in [1.807, 2.05) is 51.1 Å². The number of sulfonamides is 1. The molecule has 208 valence electrons. The summed E-state index contributed by atoms with van der Waals surface area (Å²) in [6, 6.07) is 21.7. The summed E-state index contributed by atoms with van der Waals surface area (Å²) in [4.78, 5) is 28.2. The number of nitrogens with zero attached hydrogens (tertiary/aromatic N) is 2. The van der Waals surface area contributed by atoms with Gasteiger partial charge in [-0.3, -0.25) is 13.9 Å². The predicted molar refractivity (Wildman–Crippen MR) is 155 cm³/mol. The Balaban J connectivity index is 1.89. The standard InChI is InChI=1S/C29H34ClN3O5S/c1-5-27(29(35)31-21(2)3)32(19-22-11-13-23(30)14-12-22)28(34)20-33(39(4,36)37)24-15-17-26(18-16-24)38-25-9-7-6-8-10-25/h6-18,21,27H,5,19-20H2,1-4H3,(H,31,35)/t27-/m1/s1. The van der Waals surface area contributed by atoms with Gasteiger partial charge in [-0.2, -0.15) is 0 Å². The number of carbonyl (C=O) groups is 2. The first kappa shape index (κ1) is 30.0. The molecule has 0 radical (unpaired) electrons. The van der Waals surface area contributed by atoms with Crippen LogP contribution in [0.15, 0.2) is 78.9 Å². The summed E-state index contributed by atoms with van der Waals surface area (Å²) in [5.41, 5.74) is 1.06. The molecule has 3 aromatic carbocycles. The number of anilines is 1. The highest BCUT2D eigenvalue weighted by molar-refractivity contribution is 7.92. The summed E-state index contributed by atoms with van der Waals surface area (Å²) in [5.74, 6) is 0.350. The fraction of sp³-hybridized carbons (Fsp3) is 0.310. The molecule has 0 aliphatic rings. The first-order chi connectivity index (χ1) is 18.5. The third-order valence-electron chi connectivity index (χ3n) is 5.87. The minimum absolute atomic E-state index is 0.113. The number of halogens is 1. The minimum atomic E-state index is -3.84. The molecule has 0 saturated heterocycles. The van der Waals surface area contributed by atoms with Crippen molar-refractivity contribution in [2.45, 2.75) is 45.8 Å². The number of benzene rings is 3. The van der Waals surface area contributed by atoms with Gasteiger partial charge in [-0.05, 0) is 74.4 Å². The van der Waals surface area contributed by atoms with Crippen LogP contribution in [0.5, 0.6) is 11.5 Å². The molecule has 0 fully saturated rings. The van der Waals surface area contributed by atoms with Crippen molar-refractivity contribution in [3.63, 3.8) is 0 Å². The van der Waals surface area contributed by atoms with Gasteiger partial charge >= 0.3 is 0 Å². The van der Waals surface area contributed by atoms with Gasteiger partial charge in [-0.1, -0.05) is 48.9 Å². The van der Waals surface area contributed by atoms with Crippen LogP contribution >= 0.6 is 11.6 Å². The van der Waals surface area contributed by atoms with Crippen LogP contribution < -0.4 is 14.4 Å². The third kappa shape index (κ3) is 8.73. The second-order valence-corrected chi connectivity index (χ2v) is 11.8. The smallest absolute Gasteiger partial charge is 0.244 e. The molecule has 0 saturated carbocycles. The first-order valence-electron chi connectivity index (χ1n) is 12.6. The van der Waals surface area contributed by atoms with Gasteiger partial charge in [0.15, 0.2) is 0 Å². The molecule has 8 nitrogen and oxygen atoms in total. The van der Waals surface area contributed by atoms with Gasteiger partial charge < -0.3 is 15.0 Å². The highest BCUT2D eigenvalue weighted by Crippen LogP contribution is 2.26. The fourth-order valence-electron chi connectivity index (χ4n) is 4.01. The maximum Gasteiger partial charge on any atom is 0.244 e. The number of carbonyl (C=O) groups excluding carboxylic acids is 2. The van der Waals surface area contributed by atoms with Crippen molar-refractivity contribution < 1.29 is 22.7 Å². The summed E-state index contributed by atoms with van der Waals surface area (Å²) < 4.78 is 32.5. The average Bonchev–Trinajstić information content (AvgIpc) is 2.88. The normalized spacial score (nSPS) is 12.1. The molecule has 0 spiro atoms. The Morgan fingerprint density at radius 1 is 0.923 bits per heavy atom. The van der Waals surface area contributed by atoms with Crippen molar-refractivity contribution in [2.75, 3.05) is 17.1 Å². The Labute approximate surface area is 235 Å². The summed E-state index contributed by atoms with van der Waals surface area (Å²) in [7, 11) is -3.84. The van der Waals surface area contributed by atoms with Crippen LogP contribution in [-0.4, -0.2) is 50.0 Å². The monoisotopic (exact) mass is 571 g/mol. The van der Waals surface area contributed by atoms with E-state index in [-0.39, 0.29) is 18.5 Å². The molecule has 39 heavy (non-hydrogen) atoms. The SMILES string of the molecule is CC[C@H](C(=O)NC(C)C)N(Cc1ccc(Cl)cc1)C(=O)CN(c1ccc(Oc2ccccc2)cc1)S(C)(=O)=O. The summed E-state index contributed by atoms with van der Waals surface area (Å²) >= 11 is 6.02. The number of amides is 2. The maximum atomic E-state index is 13.7. The molecule has 0 aromatic heterocycles. The molecule has 0 aliphatic carbocycles. The lowest BCUT2D eigenvalue weighted by Crippen LogP contribution is -2.53. The van der Waals surface area contributed by atoms with Crippen LogP contribution in [0.25, 0.3) is 0 Å². The van der Waals surface area contributed by atoms with Crippen LogP contribution in [0.1, 0.15) is 32.8 Å². The maximum absolute atomic E-state index is 13.7. The molecule has 0 bridgehead atoms. The predicted octanol–water partition coefficient (Wildman–Crippen LogP) is 5.23. The largest absolute Gasteiger partial charge is 0.457 e. The van der Waals surface area contributed by atoms with Crippen molar-refractivity contribution in [1.82, 2.24) is 10.2 Å². The van der Waals surface area contributed by atoms with Gasteiger partial charge in [0, 0.05) is 17.6 Å². The Bertz CT molecular complexity index is 1350. The molecule has 10 heteroatoms. The summed E-state index contributed by atoms with van der Waals surface area (Å²) in [5, 5.41) is 3.41. The fourth-order valence-corrected chi connectivity index (χ4v) is 4.98. The molecule has 3 aromatic rings. The zero-order chi connectivity index (χ0) is 28.6. The Morgan fingerprint density at radius 3 is 2.05 bits per heavy atom. The van der Waals surface area contributed by atoms with Gasteiger partial charge in [0.05, 0.1) is 11.9 Å². The molecule has 3 rings (SSSR count). The first-order valence-corrected chi connectivity index (χ1v) is 14.9. The van der Waals surface area contributed by atoms with E-state index in [1.165, 1.54) is 4.90 Å². The van der Waals surface area contributed by atoms with E-state index in [2.05, 4.69) is 5.32 Å². The van der Waals surface area contributed by atoms with Crippen LogP contribution in [0.3, 0.4) is 0 Å². The van der Waals surface area contributed by atoms with Crippen molar-refractivity contribution >= 4 is 39.1 Å². The van der Waals surface area contributed by atoms with E-state index in [0.717, 1.165) is 16.1 Å². The van der Waals surface area contributed by atoms with Crippen molar-refractivity contribution in [3.05, 3.63) is 89.4 Å². The van der Waals surface area contributed by atoms with Gasteiger partial charge in [-0.15, -0.1) is 0 Å². The van der Waals surface area contributed by atoms with E-state index in [4.69, 9.17) is 16.3 Å². The highest BCUT2D eigenvalue weighted by atomic mass is 35.5. The lowest BCUT2D eigenvalue weighted by atomic mass is 10.1. The zero-order valence-corrected chi connectivity index (χ0v) is 24.1. The van der Waals surface area contributed by atoms with Crippen LogP contribution in [0, 0.1) is 0 Å². The van der Waals surface area contributed by atoms with Crippen LogP contribution in [0.2, 0.25) is 5.02 Å². The second kappa shape index (κ2) is 13.5. The Kier molecular flexibility index (Phi) is 10.4. The van der Waals surface area contributed by atoms with Crippen molar-refractivity contribution in [3.8, 4) is 11.5 Å². The number of ether oxygens (including phenoxy) is 1. The van der Waals surface area contributed by atoms with E-state index in [9.17, 15) is 18.0 Å². The topological polar surface area (TPSA) is 96.0 Å². The van der Waals surface area contributed by atoms with E-state index in [1.54, 1.807) is 48.5 Å². The third-order valence-corrected chi connectivity index (χ3v) is 7.26. The zero-order valence-electron chi connectivity index (χ0n) is 22.5. The van der Waals surface area contributed by atoms with E-state index in [0.29, 0.717) is 28.6 Å². The van der Waals surface area contributed by atoms with Gasteiger partial charge in [0.25, 0.3) is 0 Å². The lowest BCUT2D eigenvalue weighted by Gasteiger charge is -2.33. The second-order valence-electron chi connectivity index (χ2n) is 9.41. The summed E-state index contributed by atoms with van der Waals surface area (Å²) in [6.45, 7) is 5.13. The quantitative estimate of drug-likeness (QED) is 0.321. The number of rotatable bonds is 12. The molecule has 1 N–H and O–H groups in total. The summed E-state index contributed by atoms with van der Waals surface area (Å²) in [6.07, 6.45) is 1.39. The van der Waals surface area contributed by atoms with Crippen LogP contribution in [0.4, 0.5) is 5.69 Å². The van der Waals surface area contributed by atoms with E-state index >= 15 is 0 Å². The highest BCUT2D eigenvalue weighted by Gasteiger charge is 2.32. The number of hydrogen-bond acceptors (Lipinski definition) is 5. The molecule has 0 unspecified atom stereocenters. The Hall–Kier alpha value is -3.56. The molecule has 2 amide bonds.